The Morgan fingerprint density at radius 3 is 2.67 bits per heavy atom. The fraction of sp³-hybridized carbons (Fsp3) is 0.500. The van der Waals surface area contributed by atoms with Crippen LogP contribution in [0.4, 0.5) is 5.69 Å². The smallest absolute Gasteiger partial charge is 0.335 e. The van der Waals surface area contributed by atoms with Crippen LogP contribution in [-0.2, 0) is 24.5 Å². The van der Waals surface area contributed by atoms with Crippen LogP contribution < -0.4 is 10.1 Å². The van der Waals surface area contributed by atoms with Crippen molar-refractivity contribution in [1.29, 1.82) is 0 Å². The first-order valence-electron chi connectivity index (χ1n) is 10.0. The molecule has 1 fully saturated rings. The van der Waals surface area contributed by atoms with Crippen molar-refractivity contribution in [2.24, 2.45) is 5.41 Å². The molecule has 1 saturated heterocycles. The number of nitrogens with one attached hydrogen (secondary N) is 1. The maximum absolute atomic E-state index is 12.8. The van der Waals surface area contributed by atoms with E-state index in [0.717, 1.165) is 11.8 Å². The summed E-state index contributed by atoms with van der Waals surface area (Å²) in [6.07, 6.45) is 2.05. The van der Waals surface area contributed by atoms with Crippen molar-refractivity contribution in [3.8, 4) is 11.5 Å². The molecule has 2 heterocycles. The number of hydrogen-bond donors (Lipinski definition) is 2. The second kappa shape index (κ2) is 6.75. The highest BCUT2D eigenvalue weighted by Crippen LogP contribution is 2.63. The minimum Gasteiger partial charge on any atom is -0.504 e. The maximum Gasteiger partial charge on any atom is 0.335 e. The molecule has 8 nitrogen and oxygen atoms in total. The van der Waals surface area contributed by atoms with Gasteiger partial charge in [-0.3, -0.25) is 4.79 Å². The van der Waals surface area contributed by atoms with Crippen LogP contribution in [0.25, 0.3) is 0 Å². The van der Waals surface area contributed by atoms with E-state index in [1.165, 1.54) is 21.1 Å². The predicted octanol–water partition coefficient (Wildman–Crippen LogP) is 2.11. The number of esters is 1. The van der Waals surface area contributed by atoms with E-state index in [4.69, 9.17) is 9.47 Å². The third-order valence-corrected chi connectivity index (χ3v) is 7.11. The molecule has 3 atom stereocenters. The summed E-state index contributed by atoms with van der Waals surface area (Å²) in [6, 6.07) is 2.83. The summed E-state index contributed by atoms with van der Waals surface area (Å²) >= 11 is 0. The molecule has 160 valence electrons. The first-order valence-corrected chi connectivity index (χ1v) is 10.0. The summed E-state index contributed by atoms with van der Waals surface area (Å²) in [5, 5.41) is 13.9. The van der Waals surface area contributed by atoms with Crippen LogP contribution >= 0.6 is 0 Å². The van der Waals surface area contributed by atoms with Crippen LogP contribution in [0.15, 0.2) is 23.4 Å². The number of rotatable bonds is 4. The molecule has 0 saturated carbocycles. The molecule has 1 spiro atoms. The topological polar surface area (TPSA) is 105 Å². The van der Waals surface area contributed by atoms with E-state index in [1.807, 2.05) is 6.92 Å². The molecule has 2 aliphatic heterocycles. The van der Waals surface area contributed by atoms with Gasteiger partial charge in [-0.15, -0.1) is 0 Å². The second-order valence-corrected chi connectivity index (χ2v) is 8.26. The fourth-order valence-electron chi connectivity index (χ4n) is 5.76. The van der Waals surface area contributed by atoms with E-state index in [9.17, 15) is 19.5 Å². The number of fused-ring (bicyclic) bond motifs is 1. The molecule has 4 rings (SSSR count). The molecule has 0 bridgehead atoms. The van der Waals surface area contributed by atoms with Crippen molar-refractivity contribution in [2.75, 3.05) is 26.1 Å². The SMILES string of the molecule is CC[C@]1(C=O)CC(C(=O)OC)=C2Nc3cc(OC)c(O)cc3[C@@]23CCN(C(C)=O)[C@@H]13. The zero-order valence-electron chi connectivity index (χ0n) is 17.6. The van der Waals surface area contributed by atoms with Crippen molar-refractivity contribution >= 4 is 23.9 Å². The molecule has 1 aliphatic carbocycles. The molecular weight excluding hydrogens is 388 g/mol. The minimum atomic E-state index is -0.950. The highest BCUT2D eigenvalue weighted by atomic mass is 16.5. The summed E-state index contributed by atoms with van der Waals surface area (Å²) < 4.78 is 10.3. The van der Waals surface area contributed by atoms with Crippen LogP contribution in [0, 0.1) is 5.41 Å². The van der Waals surface area contributed by atoms with Gasteiger partial charge in [-0.25, -0.2) is 4.79 Å². The van der Waals surface area contributed by atoms with Gasteiger partial charge in [-0.05, 0) is 30.9 Å². The molecule has 2 N–H and O–H groups in total. The molecule has 30 heavy (non-hydrogen) atoms. The number of aromatic hydroxyl groups is 1. The Labute approximate surface area is 174 Å². The molecule has 8 heteroatoms. The van der Waals surface area contributed by atoms with Crippen LogP contribution in [0.1, 0.15) is 38.7 Å². The molecule has 0 radical (unpaired) electrons. The van der Waals surface area contributed by atoms with Gasteiger partial charge in [0.1, 0.15) is 6.29 Å². The lowest BCUT2D eigenvalue weighted by Crippen LogP contribution is -2.59. The van der Waals surface area contributed by atoms with Gasteiger partial charge in [0.15, 0.2) is 11.5 Å². The van der Waals surface area contributed by atoms with Gasteiger partial charge in [0.25, 0.3) is 0 Å². The maximum atomic E-state index is 12.8. The van der Waals surface area contributed by atoms with Crippen LogP contribution in [-0.4, -0.2) is 55.0 Å². The molecule has 3 aliphatic rings. The number of ether oxygens (including phenoxy) is 2. The van der Waals surface area contributed by atoms with Gasteiger partial charge in [0.05, 0.1) is 36.7 Å². The van der Waals surface area contributed by atoms with Crippen molar-refractivity contribution < 1.29 is 29.0 Å². The highest BCUT2D eigenvalue weighted by molar-refractivity contribution is 5.95. The number of phenols is 1. The lowest BCUT2D eigenvalue weighted by Gasteiger charge is -2.50. The first-order chi connectivity index (χ1) is 14.3. The van der Waals surface area contributed by atoms with E-state index in [1.54, 1.807) is 17.0 Å². The first kappa shape index (κ1) is 20.3. The van der Waals surface area contributed by atoms with Gasteiger partial charge in [-0.2, -0.15) is 0 Å². The molecular formula is C22H26N2O6. The van der Waals surface area contributed by atoms with Gasteiger partial charge >= 0.3 is 5.97 Å². The third kappa shape index (κ3) is 2.36. The number of carbonyl (C=O) groups is 3. The standard InChI is InChI=1S/C22H26N2O6/c1-5-21(11-25)10-13(19(28)30-4)18-22(6-7-24(12(2)26)20(21)22)14-8-16(27)17(29-3)9-15(14)23-18/h8-9,11,20,23,27H,5-7,10H2,1-4H3/t20-,21+,22-/m0/s1. The predicted molar refractivity (Wildman–Crippen MR) is 108 cm³/mol. The van der Waals surface area contributed by atoms with Crippen molar-refractivity contribution in [2.45, 2.75) is 44.6 Å². The van der Waals surface area contributed by atoms with Crippen molar-refractivity contribution in [3.63, 3.8) is 0 Å². The molecule has 1 amide bonds. The van der Waals surface area contributed by atoms with Crippen LogP contribution in [0.5, 0.6) is 11.5 Å². The normalized spacial score (nSPS) is 28.9. The van der Waals surface area contributed by atoms with E-state index < -0.39 is 22.8 Å². The van der Waals surface area contributed by atoms with Crippen molar-refractivity contribution in [3.05, 3.63) is 29.0 Å². The number of carbonyl (C=O) groups excluding carboxylic acids is 3. The van der Waals surface area contributed by atoms with E-state index in [2.05, 4.69) is 5.32 Å². The summed E-state index contributed by atoms with van der Waals surface area (Å²) in [5.41, 5.74) is 0.733. The summed E-state index contributed by atoms with van der Waals surface area (Å²) in [4.78, 5) is 39.6. The Balaban J connectivity index is 2.08. The number of hydrogen-bond acceptors (Lipinski definition) is 7. The average molecular weight is 414 g/mol. The highest BCUT2D eigenvalue weighted by Gasteiger charge is 2.66. The number of likely N-dealkylation sites (tertiary alicyclic amines) is 1. The molecule has 1 aromatic rings. The Bertz CT molecular complexity index is 986. The molecule has 0 unspecified atom stereocenters. The Morgan fingerprint density at radius 2 is 2.10 bits per heavy atom. The number of anilines is 1. The third-order valence-electron chi connectivity index (χ3n) is 7.11. The van der Waals surface area contributed by atoms with Crippen molar-refractivity contribution in [1.82, 2.24) is 4.90 Å². The van der Waals surface area contributed by atoms with Crippen LogP contribution in [0.2, 0.25) is 0 Å². The quantitative estimate of drug-likeness (QED) is 0.442. The van der Waals surface area contributed by atoms with E-state index >= 15 is 0 Å². The number of benzene rings is 1. The van der Waals surface area contributed by atoms with Gasteiger partial charge in [-0.1, -0.05) is 6.92 Å². The Kier molecular flexibility index (Phi) is 4.56. The summed E-state index contributed by atoms with van der Waals surface area (Å²) in [5.74, 6) is -0.359. The van der Waals surface area contributed by atoms with Gasteiger partial charge in [0.2, 0.25) is 5.91 Å². The fourth-order valence-corrected chi connectivity index (χ4v) is 5.76. The lowest BCUT2D eigenvalue weighted by atomic mass is 9.56. The number of methoxy groups -OCH3 is 2. The van der Waals surface area contributed by atoms with Crippen LogP contribution in [0.3, 0.4) is 0 Å². The lowest BCUT2D eigenvalue weighted by molar-refractivity contribution is -0.139. The number of aldehydes is 1. The summed E-state index contributed by atoms with van der Waals surface area (Å²) in [7, 11) is 2.78. The molecule has 1 aromatic carbocycles. The average Bonchev–Trinajstić information content (AvgIpc) is 3.30. The second-order valence-electron chi connectivity index (χ2n) is 8.26. The Morgan fingerprint density at radius 1 is 1.37 bits per heavy atom. The monoisotopic (exact) mass is 414 g/mol. The van der Waals surface area contributed by atoms with Gasteiger partial charge < -0.3 is 29.6 Å². The number of phenolic OH excluding ortho intramolecular Hbond substituents is 1. The zero-order valence-corrected chi connectivity index (χ0v) is 17.6. The number of nitrogens with zero attached hydrogens (tertiary/aromatic N) is 1. The summed E-state index contributed by atoms with van der Waals surface area (Å²) in [6.45, 7) is 3.84. The minimum absolute atomic E-state index is 0.0351. The zero-order chi connectivity index (χ0) is 21.8. The largest absolute Gasteiger partial charge is 0.504 e. The van der Waals surface area contributed by atoms with E-state index in [-0.39, 0.29) is 18.1 Å². The Hall–Kier alpha value is -3.03. The van der Waals surface area contributed by atoms with Gasteiger partial charge in [0, 0.05) is 30.9 Å². The number of amides is 1. The molecule has 0 aromatic heterocycles. The van der Waals surface area contributed by atoms with E-state index in [0.29, 0.717) is 42.1 Å².